The van der Waals surface area contributed by atoms with Crippen molar-refractivity contribution in [2.24, 2.45) is 0 Å². The summed E-state index contributed by atoms with van der Waals surface area (Å²) in [6, 6.07) is 23.6. The summed E-state index contributed by atoms with van der Waals surface area (Å²) in [5, 5.41) is 6.17. The van der Waals surface area contributed by atoms with Gasteiger partial charge in [-0.2, -0.15) is 0 Å². The van der Waals surface area contributed by atoms with Gasteiger partial charge in [-0.05, 0) is 88.3 Å². The molecule has 0 unspecified atom stereocenters. The smallest absolute Gasteiger partial charge is 0.257 e. The van der Waals surface area contributed by atoms with Gasteiger partial charge < -0.3 is 5.32 Å². The van der Waals surface area contributed by atoms with E-state index >= 15 is 0 Å². The van der Waals surface area contributed by atoms with Crippen LogP contribution in [-0.4, -0.2) is 11.0 Å². The zero-order valence-corrected chi connectivity index (χ0v) is 17.8. The molecule has 0 aliphatic heterocycles. The molecule has 3 nitrogen and oxygen atoms in total. The highest BCUT2D eigenvalue weighted by atomic mass is 127. The maximum Gasteiger partial charge on any atom is 0.257 e. The lowest BCUT2D eigenvalue weighted by Crippen LogP contribution is -2.34. The molecule has 1 amide bonds. The molecule has 27 heavy (non-hydrogen) atoms. The molecule has 0 aromatic heterocycles. The Morgan fingerprint density at radius 2 is 1.63 bits per heavy atom. The van der Waals surface area contributed by atoms with Crippen molar-refractivity contribution in [1.82, 2.24) is 5.32 Å². The molecule has 3 aromatic rings. The normalized spacial score (nSPS) is 10.3. The Labute approximate surface area is 178 Å². The highest BCUT2D eigenvalue weighted by Gasteiger charge is 2.10. The van der Waals surface area contributed by atoms with Crippen molar-refractivity contribution in [3.8, 4) is 11.1 Å². The third-order valence-electron chi connectivity index (χ3n) is 4.18. The number of halogens is 1. The number of benzene rings is 3. The SMILES string of the molecule is CCc1cc(I)ccc1NC(=S)NC(=O)c1ccc(-c2ccccc2)cc1. The minimum atomic E-state index is -0.226. The summed E-state index contributed by atoms with van der Waals surface area (Å²) < 4.78 is 1.17. The number of hydrogen-bond donors (Lipinski definition) is 2. The van der Waals surface area contributed by atoms with Crippen LogP contribution in [0.15, 0.2) is 72.8 Å². The number of aryl methyl sites for hydroxylation is 1. The van der Waals surface area contributed by atoms with Gasteiger partial charge in [-0.25, -0.2) is 0 Å². The number of carbonyl (C=O) groups excluding carboxylic acids is 1. The van der Waals surface area contributed by atoms with E-state index in [1.807, 2.05) is 66.7 Å². The molecule has 0 bridgehead atoms. The second-order valence-corrected chi connectivity index (χ2v) is 7.66. The van der Waals surface area contributed by atoms with Gasteiger partial charge in [-0.1, -0.05) is 49.4 Å². The Bertz CT molecular complexity index is 956. The van der Waals surface area contributed by atoms with Crippen LogP contribution in [0.25, 0.3) is 11.1 Å². The van der Waals surface area contributed by atoms with Crippen LogP contribution in [0, 0.1) is 3.57 Å². The Morgan fingerprint density at radius 3 is 2.30 bits per heavy atom. The second kappa shape index (κ2) is 9.10. The van der Waals surface area contributed by atoms with Gasteiger partial charge >= 0.3 is 0 Å². The molecule has 0 atom stereocenters. The van der Waals surface area contributed by atoms with Crippen LogP contribution in [0.5, 0.6) is 0 Å². The third-order valence-corrected chi connectivity index (χ3v) is 5.05. The van der Waals surface area contributed by atoms with E-state index in [1.54, 1.807) is 0 Å². The molecule has 3 rings (SSSR count). The number of hydrogen-bond acceptors (Lipinski definition) is 2. The Hall–Kier alpha value is -2.25. The average Bonchev–Trinajstić information content (AvgIpc) is 2.70. The van der Waals surface area contributed by atoms with Crippen molar-refractivity contribution in [3.63, 3.8) is 0 Å². The number of amides is 1. The lowest BCUT2D eigenvalue weighted by atomic mass is 10.0. The van der Waals surface area contributed by atoms with Gasteiger partial charge in [-0.3, -0.25) is 10.1 Å². The van der Waals surface area contributed by atoms with Gasteiger partial charge in [-0.15, -0.1) is 0 Å². The first kappa shape index (κ1) is 19.5. The van der Waals surface area contributed by atoms with Gasteiger partial charge in [0, 0.05) is 14.8 Å². The van der Waals surface area contributed by atoms with Crippen LogP contribution in [0.4, 0.5) is 5.69 Å². The maximum absolute atomic E-state index is 12.5. The summed E-state index contributed by atoms with van der Waals surface area (Å²) in [5.41, 5.74) is 4.83. The maximum atomic E-state index is 12.5. The number of anilines is 1. The molecular weight excluding hydrogens is 467 g/mol. The zero-order valence-electron chi connectivity index (χ0n) is 14.8. The predicted molar refractivity (Wildman–Crippen MR) is 124 cm³/mol. The number of nitrogens with one attached hydrogen (secondary N) is 2. The summed E-state index contributed by atoms with van der Waals surface area (Å²) in [7, 11) is 0. The van der Waals surface area contributed by atoms with E-state index < -0.39 is 0 Å². The predicted octanol–water partition coefficient (Wildman–Crippen LogP) is 5.65. The number of thiocarbonyl (C=S) groups is 1. The topological polar surface area (TPSA) is 41.1 Å². The van der Waals surface area contributed by atoms with Crippen LogP contribution in [0.3, 0.4) is 0 Å². The fourth-order valence-corrected chi connectivity index (χ4v) is 3.51. The first-order valence-corrected chi connectivity index (χ1v) is 10.1. The average molecular weight is 486 g/mol. The van der Waals surface area contributed by atoms with E-state index in [0.29, 0.717) is 10.7 Å². The van der Waals surface area contributed by atoms with Crippen molar-refractivity contribution in [1.29, 1.82) is 0 Å². The number of rotatable bonds is 4. The van der Waals surface area contributed by atoms with Crippen LogP contribution in [-0.2, 0) is 6.42 Å². The van der Waals surface area contributed by atoms with Crippen molar-refractivity contribution in [2.45, 2.75) is 13.3 Å². The fraction of sp³-hybridized carbons (Fsp3) is 0.0909. The number of carbonyl (C=O) groups is 1. The molecule has 0 saturated heterocycles. The standard InChI is InChI=1S/C22H19IN2OS/c1-2-15-14-19(23)12-13-20(15)24-22(27)25-21(26)18-10-8-17(9-11-18)16-6-4-3-5-7-16/h3-14H,2H2,1H3,(H2,24,25,26,27). The van der Waals surface area contributed by atoms with Gasteiger partial charge in [0.15, 0.2) is 5.11 Å². The molecule has 0 radical (unpaired) electrons. The Morgan fingerprint density at radius 1 is 0.963 bits per heavy atom. The van der Waals surface area contributed by atoms with E-state index in [9.17, 15) is 4.79 Å². The quantitative estimate of drug-likeness (QED) is 0.370. The molecular formula is C22H19IN2OS. The molecule has 0 aliphatic rings. The highest BCUT2D eigenvalue weighted by molar-refractivity contribution is 14.1. The van der Waals surface area contributed by atoms with Gasteiger partial charge in [0.25, 0.3) is 5.91 Å². The van der Waals surface area contributed by atoms with Crippen LogP contribution in [0.1, 0.15) is 22.8 Å². The largest absolute Gasteiger partial charge is 0.332 e. The zero-order chi connectivity index (χ0) is 19.2. The summed E-state index contributed by atoms with van der Waals surface area (Å²) in [5.74, 6) is -0.226. The lowest BCUT2D eigenvalue weighted by molar-refractivity contribution is 0.0978. The molecule has 0 heterocycles. The molecule has 0 fully saturated rings. The monoisotopic (exact) mass is 486 g/mol. The van der Waals surface area contributed by atoms with Gasteiger partial charge in [0.05, 0.1) is 0 Å². The molecule has 0 spiro atoms. The minimum Gasteiger partial charge on any atom is -0.332 e. The van der Waals surface area contributed by atoms with Crippen molar-refractivity contribution < 1.29 is 4.79 Å². The third kappa shape index (κ3) is 5.14. The van der Waals surface area contributed by atoms with Crippen molar-refractivity contribution in [2.75, 3.05) is 5.32 Å². The molecule has 5 heteroatoms. The Balaban J connectivity index is 1.66. The highest BCUT2D eigenvalue weighted by Crippen LogP contribution is 2.20. The molecule has 136 valence electrons. The second-order valence-electron chi connectivity index (χ2n) is 6.01. The minimum absolute atomic E-state index is 0.226. The van der Waals surface area contributed by atoms with E-state index in [4.69, 9.17) is 12.2 Å². The summed E-state index contributed by atoms with van der Waals surface area (Å²) in [6.45, 7) is 2.09. The van der Waals surface area contributed by atoms with Crippen LogP contribution < -0.4 is 10.6 Å². The van der Waals surface area contributed by atoms with E-state index in [1.165, 1.54) is 3.57 Å². The molecule has 3 aromatic carbocycles. The summed E-state index contributed by atoms with van der Waals surface area (Å²) in [4.78, 5) is 12.5. The molecule has 0 aliphatic carbocycles. The fourth-order valence-electron chi connectivity index (χ4n) is 2.75. The van der Waals surface area contributed by atoms with Crippen molar-refractivity contribution >= 4 is 51.5 Å². The molecule has 2 N–H and O–H groups in total. The van der Waals surface area contributed by atoms with Crippen LogP contribution in [0.2, 0.25) is 0 Å². The van der Waals surface area contributed by atoms with E-state index in [2.05, 4.69) is 46.2 Å². The van der Waals surface area contributed by atoms with E-state index in [0.717, 1.165) is 28.8 Å². The summed E-state index contributed by atoms with van der Waals surface area (Å²) >= 11 is 7.59. The van der Waals surface area contributed by atoms with Crippen LogP contribution >= 0.6 is 34.8 Å². The Kier molecular flexibility index (Phi) is 6.58. The first-order chi connectivity index (χ1) is 13.1. The summed E-state index contributed by atoms with van der Waals surface area (Å²) in [6.07, 6.45) is 0.886. The molecule has 0 saturated carbocycles. The lowest BCUT2D eigenvalue weighted by Gasteiger charge is -2.13. The van der Waals surface area contributed by atoms with E-state index in [-0.39, 0.29) is 5.91 Å². The van der Waals surface area contributed by atoms with Crippen molar-refractivity contribution in [3.05, 3.63) is 87.5 Å². The van der Waals surface area contributed by atoms with Gasteiger partial charge in [0.1, 0.15) is 0 Å². The van der Waals surface area contributed by atoms with Gasteiger partial charge in [0.2, 0.25) is 0 Å². The first-order valence-electron chi connectivity index (χ1n) is 8.63.